The summed E-state index contributed by atoms with van der Waals surface area (Å²) in [5.41, 5.74) is 1.92. The van der Waals surface area contributed by atoms with Crippen molar-refractivity contribution < 1.29 is 8.98 Å². The average Bonchev–Trinajstić information content (AvgIpc) is 2.31. The number of furan rings is 1. The Morgan fingerprint density at radius 1 is 1.55 bits per heavy atom. The fourth-order valence-electron chi connectivity index (χ4n) is 1.18. The average molecular weight is 147 g/mol. The number of fused-ring (bicyclic) bond motifs is 1. The van der Waals surface area contributed by atoms with Crippen molar-refractivity contribution in [3.63, 3.8) is 0 Å². The van der Waals surface area contributed by atoms with Crippen molar-refractivity contribution in [2.24, 2.45) is 0 Å². The summed E-state index contributed by atoms with van der Waals surface area (Å²) in [5, 5.41) is 0. The Balaban J connectivity index is 2.90. The van der Waals surface area contributed by atoms with Gasteiger partial charge in [0, 0.05) is 6.07 Å². The lowest BCUT2D eigenvalue weighted by molar-refractivity contribution is -0.584. The van der Waals surface area contributed by atoms with Gasteiger partial charge in [0.15, 0.2) is 11.8 Å². The topological polar surface area (TPSA) is 17.0 Å². The highest BCUT2D eigenvalue weighted by atomic mass is 16.3. The Bertz CT molecular complexity index is 389. The summed E-state index contributed by atoms with van der Waals surface area (Å²) in [6.07, 6.45) is 1.90. The van der Waals surface area contributed by atoms with E-state index < -0.39 is 0 Å². The van der Waals surface area contributed by atoms with E-state index in [1.165, 1.54) is 0 Å². The lowest BCUT2D eigenvalue weighted by atomic mass is 10.4. The minimum Gasteiger partial charge on any atom is -0.455 e. The molecule has 2 aromatic heterocycles. The number of nitrogens with zero attached hydrogens (tertiary/aromatic N) is 1. The molecule has 2 aromatic rings. The molecule has 1 radical (unpaired) electrons. The van der Waals surface area contributed by atoms with Crippen LogP contribution in [-0.2, 0) is 0 Å². The van der Waals surface area contributed by atoms with E-state index in [0.717, 1.165) is 16.9 Å². The minimum absolute atomic E-state index is 0.889. The molecule has 0 saturated heterocycles. The first-order valence-corrected chi connectivity index (χ1v) is 3.49. The second-order valence-electron chi connectivity index (χ2n) is 2.58. The van der Waals surface area contributed by atoms with Gasteiger partial charge in [-0.05, 0) is 13.0 Å². The van der Waals surface area contributed by atoms with Gasteiger partial charge in [0.25, 0.3) is 5.52 Å². The largest absolute Gasteiger partial charge is 0.455 e. The summed E-state index contributed by atoms with van der Waals surface area (Å²) in [7, 11) is 3.82. The van der Waals surface area contributed by atoms with Crippen LogP contribution in [0.1, 0.15) is 5.76 Å². The molecule has 0 aromatic carbocycles. The van der Waals surface area contributed by atoms with Crippen molar-refractivity contribution >= 4 is 11.1 Å². The first kappa shape index (κ1) is 6.40. The fourth-order valence-corrected chi connectivity index (χ4v) is 1.18. The van der Waals surface area contributed by atoms with E-state index in [1.807, 2.05) is 31.3 Å². The van der Waals surface area contributed by atoms with Gasteiger partial charge in [-0.15, -0.1) is 0 Å². The second-order valence-corrected chi connectivity index (χ2v) is 2.58. The molecule has 0 bridgehead atoms. The molecule has 0 amide bonds. The molecule has 0 aliphatic carbocycles. The highest BCUT2D eigenvalue weighted by molar-refractivity contribution is 5.69. The maximum absolute atomic E-state index is 5.39. The summed E-state index contributed by atoms with van der Waals surface area (Å²) in [6.45, 7) is 1.93. The van der Waals surface area contributed by atoms with E-state index in [0.29, 0.717) is 0 Å². The third kappa shape index (κ3) is 0.909. The Hall–Kier alpha value is -1.31. The number of rotatable bonds is 0. The van der Waals surface area contributed by atoms with E-state index in [4.69, 9.17) is 4.42 Å². The molecule has 11 heavy (non-hydrogen) atoms. The SMILES string of the molecule is [CH2][n+]1cccc2oc(C)cc21. The van der Waals surface area contributed by atoms with Gasteiger partial charge in [0.2, 0.25) is 7.05 Å². The van der Waals surface area contributed by atoms with Crippen LogP contribution in [-0.4, -0.2) is 0 Å². The third-order valence-corrected chi connectivity index (χ3v) is 1.69. The summed E-state index contributed by atoms with van der Waals surface area (Å²) in [5.74, 6) is 0.920. The van der Waals surface area contributed by atoms with E-state index in [-0.39, 0.29) is 0 Å². The van der Waals surface area contributed by atoms with Crippen LogP contribution in [0.2, 0.25) is 0 Å². The molecule has 2 rings (SSSR count). The van der Waals surface area contributed by atoms with Gasteiger partial charge in [-0.25, -0.2) is 0 Å². The first-order valence-electron chi connectivity index (χ1n) is 3.49. The van der Waals surface area contributed by atoms with E-state index >= 15 is 0 Å². The smallest absolute Gasteiger partial charge is 0.251 e. The zero-order chi connectivity index (χ0) is 7.84. The zero-order valence-electron chi connectivity index (χ0n) is 6.37. The van der Waals surface area contributed by atoms with E-state index in [9.17, 15) is 0 Å². The lowest BCUT2D eigenvalue weighted by Crippen LogP contribution is -2.24. The van der Waals surface area contributed by atoms with Crippen molar-refractivity contribution in [1.29, 1.82) is 0 Å². The number of hydrogen-bond acceptors (Lipinski definition) is 1. The molecule has 0 atom stereocenters. The van der Waals surface area contributed by atoms with Crippen LogP contribution < -0.4 is 4.57 Å². The van der Waals surface area contributed by atoms with Gasteiger partial charge < -0.3 is 4.42 Å². The normalized spacial score (nSPS) is 10.7. The highest BCUT2D eigenvalue weighted by Gasteiger charge is 2.07. The van der Waals surface area contributed by atoms with Crippen molar-refractivity contribution in [2.45, 2.75) is 6.92 Å². The van der Waals surface area contributed by atoms with Crippen molar-refractivity contribution in [3.05, 3.63) is 37.2 Å². The molecule has 0 saturated carbocycles. The Labute approximate surface area is 65.1 Å². The fraction of sp³-hybridized carbons (Fsp3) is 0.111. The molecule has 55 valence electrons. The summed E-state index contributed by atoms with van der Waals surface area (Å²) >= 11 is 0. The van der Waals surface area contributed by atoms with Gasteiger partial charge in [-0.1, -0.05) is 0 Å². The van der Waals surface area contributed by atoms with Gasteiger partial charge in [-0.2, -0.15) is 4.57 Å². The molecule has 0 aliphatic heterocycles. The molecule has 0 spiro atoms. The number of aromatic nitrogens is 1. The van der Waals surface area contributed by atoms with Gasteiger partial charge in [0.1, 0.15) is 5.76 Å². The van der Waals surface area contributed by atoms with Gasteiger partial charge in [-0.3, -0.25) is 0 Å². The van der Waals surface area contributed by atoms with E-state index in [1.54, 1.807) is 4.57 Å². The summed E-state index contributed by atoms with van der Waals surface area (Å²) < 4.78 is 7.19. The number of hydrogen-bond donors (Lipinski definition) is 0. The van der Waals surface area contributed by atoms with Gasteiger partial charge >= 0.3 is 0 Å². The Kier molecular flexibility index (Phi) is 1.22. The van der Waals surface area contributed by atoms with Crippen molar-refractivity contribution in [3.8, 4) is 0 Å². The summed E-state index contributed by atoms with van der Waals surface area (Å²) in [4.78, 5) is 0. The van der Waals surface area contributed by atoms with Crippen LogP contribution in [0.25, 0.3) is 11.1 Å². The standard InChI is InChI=1S/C9H9NO/c1-7-6-8-9(11-7)4-3-5-10(8)2/h3-6H,2H2,1H3/q+1. The predicted molar refractivity (Wildman–Crippen MR) is 41.9 cm³/mol. The number of pyridine rings is 1. The van der Waals surface area contributed by atoms with E-state index in [2.05, 4.69) is 7.05 Å². The van der Waals surface area contributed by atoms with Crippen LogP contribution in [0, 0.1) is 14.0 Å². The van der Waals surface area contributed by atoms with Crippen LogP contribution in [0.3, 0.4) is 0 Å². The maximum Gasteiger partial charge on any atom is 0.251 e. The molecule has 2 heterocycles. The first-order chi connectivity index (χ1) is 5.27. The third-order valence-electron chi connectivity index (χ3n) is 1.69. The zero-order valence-corrected chi connectivity index (χ0v) is 6.37. The molecule has 0 aliphatic rings. The monoisotopic (exact) mass is 147 g/mol. The highest BCUT2D eigenvalue weighted by Crippen LogP contribution is 2.13. The second kappa shape index (κ2) is 2.09. The molecule has 2 nitrogen and oxygen atoms in total. The molecular formula is C9H9NO+. The lowest BCUT2D eigenvalue weighted by Gasteiger charge is -1.84. The Morgan fingerprint density at radius 3 is 3.09 bits per heavy atom. The minimum atomic E-state index is 0.889. The molecular weight excluding hydrogens is 138 g/mol. The van der Waals surface area contributed by atoms with Crippen molar-refractivity contribution in [2.75, 3.05) is 0 Å². The van der Waals surface area contributed by atoms with Crippen LogP contribution in [0.5, 0.6) is 0 Å². The quantitative estimate of drug-likeness (QED) is 0.518. The summed E-state index contributed by atoms with van der Waals surface area (Å²) in [6, 6.07) is 5.82. The molecule has 2 heteroatoms. The van der Waals surface area contributed by atoms with Crippen LogP contribution in [0.15, 0.2) is 28.8 Å². The molecule has 0 unspecified atom stereocenters. The van der Waals surface area contributed by atoms with Crippen LogP contribution in [0.4, 0.5) is 0 Å². The number of aryl methyl sites for hydroxylation is 1. The Morgan fingerprint density at radius 2 is 2.36 bits per heavy atom. The predicted octanol–water partition coefficient (Wildman–Crippen LogP) is 1.67. The van der Waals surface area contributed by atoms with Gasteiger partial charge in [0.05, 0.1) is 6.07 Å². The molecule has 0 N–H and O–H groups in total. The van der Waals surface area contributed by atoms with Crippen LogP contribution >= 0.6 is 0 Å². The molecule has 0 fully saturated rings. The maximum atomic E-state index is 5.39. The van der Waals surface area contributed by atoms with Crippen molar-refractivity contribution in [1.82, 2.24) is 0 Å².